The van der Waals surface area contributed by atoms with E-state index in [0.29, 0.717) is 12.5 Å². The lowest BCUT2D eigenvalue weighted by atomic mass is 10.1. The average molecular weight is 427 g/mol. The monoisotopic (exact) mass is 426 g/mol. The third kappa shape index (κ3) is 5.20. The van der Waals surface area contributed by atoms with Crippen LogP contribution in [-0.2, 0) is 11.2 Å². The van der Waals surface area contributed by atoms with Gasteiger partial charge in [-0.3, -0.25) is 4.79 Å². The molecule has 1 amide bonds. The minimum Gasteiger partial charge on any atom is -0.497 e. The van der Waals surface area contributed by atoms with Gasteiger partial charge in [0.1, 0.15) is 5.75 Å². The minimum atomic E-state index is -0.0385. The Bertz CT molecular complexity index is 969. The van der Waals surface area contributed by atoms with E-state index in [1.165, 1.54) is 12.8 Å². The normalized spacial score (nSPS) is 13.9. The van der Waals surface area contributed by atoms with Crippen molar-refractivity contribution in [2.24, 2.45) is 11.7 Å². The first-order valence-electron chi connectivity index (χ1n) is 9.94. The summed E-state index contributed by atoms with van der Waals surface area (Å²) in [6, 6.07) is 17.6. The number of amides is 1. The van der Waals surface area contributed by atoms with Crippen LogP contribution in [0.5, 0.6) is 5.75 Å². The number of nitrogens with one attached hydrogen (secondary N) is 1. The molecule has 1 saturated carbocycles. The van der Waals surface area contributed by atoms with Gasteiger partial charge in [0.05, 0.1) is 24.9 Å². The number of methoxy groups -OCH3 is 1. The van der Waals surface area contributed by atoms with Gasteiger partial charge in [-0.05, 0) is 55.2 Å². The molecule has 0 radical (unpaired) electrons. The van der Waals surface area contributed by atoms with Crippen molar-refractivity contribution in [1.82, 2.24) is 15.1 Å². The predicted molar refractivity (Wildman–Crippen MR) is 120 cm³/mol. The predicted octanol–water partition coefficient (Wildman–Crippen LogP) is 3.37. The molecule has 1 heterocycles. The van der Waals surface area contributed by atoms with Crippen molar-refractivity contribution < 1.29 is 9.53 Å². The van der Waals surface area contributed by atoms with Crippen LogP contribution in [0, 0.1) is 5.92 Å². The Morgan fingerprint density at radius 1 is 1.20 bits per heavy atom. The fraction of sp³-hybridized carbons (Fsp3) is 0.304. The molecule has 1 aliphatic rings. The van der Waals surface area contributed by atoms with E-state index in [9.17, 15) is 4.79 Å². The molecule has 1 unspecified atom stereocenters. The highest BCUT2D eigenvalue weighted by molar-refractivity contribution is 5.85. The molecule has 1 fully saturated rings. The first kappa shape index (κ1) is 21.9. The van der Waals surface area contributed by atoms with Crippen LogP contribution in [0.4, 0.5) is 0 Å². The van der Waals surface area contributed by atoms with Crippen LogP contribution in [0.15, 0.2) is 60.8 Å². The maximum absolute atomic E-state index is 12.6. The van der Waals surface area contributed by atoms with Gasteiger partial charge in [0.2, 0.25) is 5.91 Å². The van der Waals surface area contributed by atoms with Crippen LogP contribution in [0.25, 0.3) is 16.9 Å². The molecular formula is C23H27ClN4O2. The highest BCUT2D eigenvalue weighted by Gasteiger charge is 2.28. The molecule has 1 aromatic heterocycles. The van der Waals surface area contributed by atoms with Gasteiger partial charge in [-0.2, -0.15) is 5.10 Å². The summed E-state index contributed by atoms with van der Waals surface area (Å²) in [5.41, 5.74) is 9.66. The molecule has 30 heavy (non-hydrogen) atoms. The Morgan fingerprint density at radius 2 is 1.90 bits per heavy atom. The van der Waals surface area contributed by atoms with Gasteiger partial charge in [-0.15, -0.1) is 12.4 Å². The van der Waals surface area contributed by atoms with Crippen LogP contribution >= 0.6 is 12.4 Å². The molecular weight excluding hydrogens is 400 g/mol. The highest BCUT2D eigenvalue weighted by Crippen LogP contribution is 2.31. The summed E-state index contributed by atoms with van der Waals surface area (Å²) in [4.78, 5) is 12.6. The summed E-state index contributed by atoms with van der Waals surface area (Å²) < 4.78 is 7.07. The summed E-state index contributed by atoms with van der Waals surface area (Å²) in [6.07, 6.45) is 4.52. The van der Waals surface area contributed by atoms with E-state index in [4.69, 9.17) is 15.6 Å². The van der Waals surface area contributed by atoms with Crippen molar-refractivity contribution in [3.05, 3.63) is 66.4 Å². The van der Waals surface area contributed by atoms with Crippen molar-refractivity contribution in [3.63, 3.8) is 0 Å². The zero-order valence-electron chi connectivity index (χ0n) is 17.0. The second-order valence-corrected chi connectivity index (χ2v) is 7.49. The second-order valence-electron chi connectivity index (χ2n) is 7.49. The van der Waals surface area contributed by atoms with E-state index in [-0.39, 0.29) is 30.8 Å². The number of nitrogens with zero attached hydrogens (tertiary/aromatic N) is 2. The van der Waals surface area contributed by atoms with Gasteiger partial charge in [0.15, 0.2) is 0 Å². The lowest BCUT2D eigenvalue weighted by molar-refractivity contribution is -0.120. The fourth-order valence-corrected chi connectivity index (χ4v) is 3.40. The molecule has 0 aliphatic heterocycles. The largest absolute Gasteiger partial charge is 0.497 e. The first-order chi connectivity index (χ1) is 14.1. The van der Waals surface area contributed by atoms with Gasteiger partial charge in [-0.1, -0.05) is 18.2 Å². The Labute approximate surface area is 182 Å². The van der Waals surface area contributed by atoms with E-state index in [0.717, 1.165) is 28.3 Å². The number of halogens is 1. The maximum atomic E-state index is 12.6. The zero-order chi connectivity index (χ0) is 20.2. The van der Waals surface area contributed by atoms with Crippen LogP contribution in [0.1, 0.15) is 18.4 Å². The lowest BCUT2D eigenvalue weighted by Crippen LogP contribution is -2.39. The number of benzene rings is 2. The molecule has 2 aromatic carbocycles. The Kier molecular flexibility index (Phi) is 7.13. The Morgan fingerprint density at radius 3 is 2.53 bits per heavy atom. The summed E-state index contributed by atoms with van der Waals surface area (Å²) in [6.45, 7) is 0.522. The van der Waals surface area contributed by atoms with Crippen LogP contribution in [0.2, 0.25) is 0 Å². The third-order valence-corrected chi connectivity index (χ3v) is 5.29. The maximum Gasteiger partial charge on any atom is 0.224 e. The molecule has 1 atom stereocenters. The van der Waals surface area contributed by atoms with Gasteiger partial charge >= 0.3 is 0 Å². The molecule has 6 nitrogen and oxygen atoms in total. The summed E-state index contributed by atoms with van der Waals surface area (Å²) >= 11 is 0. The number of ether oxygens (including phenoxy) is 1. The van der Waals surface area contributed by atoms with Gasteiger partial charge < -0.3 is 15.8 Å². The number of hydrogen-bond donors (Lipinski definition) is 2. The zero-order valence-corrected chi connectivity index (χ0v) is 17.8. The summed E-state index contributed by atoms with van der Waals surface area (Å²) in [5.74, 6) is 1.30. The molecule has 158 valence electrons. The average Bonchev–Trinajstić information content (AvgIpc) is 3.53. The first-order valence-corrected chi connectivity index (χ1v) is 9.94. The van der Waals surface area contributed by atoms with Crippen LogP contribution in [0.3, 0.4) is 0 Å². The second kappa shape index (κ2) is 9.78. The standard InChI is InChI=1S/C23H26N4O2.ClH/c1-29-20-11-9-17(10-12-20)23-18(13-22(28)25-14-21(24)16-7-8-16)15-27(26-23)19-5-3-2-4-6-19;/h2-6,9-12,15-16,21H,7-8,13-14,24H2,1H3,(H,25,28);1H. The van der Waals surface area contributed by atoms with E-state index in [1.54, 1.807) is 7.11 Å². The SMILES string of the molecule is COc1ccc(-c2nn(-c3ccccc3)cc2CC(=O)NCC(N)C2CC2)cc1.Cl. The summed E-state index contributed by atoms with van der Waals surface area (Å²) in [5, 5.41) is 7.74. The van der Waals surface area contributed by atoms with E-state index >= 15 is 0 Å². The van der Waals surface area contributed by atoms with E-state index in [1.807, 2.05) is 65.5 Å². The molecule has 3 aromatic rings. The molecule has 1 aliphatic carbocycles. The number of carbonyl (C=O) groups is 1. The van der Waals surface area contributed by atoms with Gasteiger partial charge in [0.25, 0.3) is 0 Å². The molecule has 0 saturated heterocycles. The number of aromatic nitrogens is 2. The minimum absolute atomic E-state index is 0. The third-order valence-electron chi connectivity index (χ3n) is 5.29. The van der Waals surface area contributed by atoms with Crippen LogP contribution in [-0.4, -0.2) is 35.4 Å². The number of carbonyl (C=O) groups excluding carboxylic acids is 1. The van der Waals surface area contributed by atoms with Crippen molar-refractivity contribution in [2.45, 2.75) is 25.3 Å². The molecule has 3 N–H and O–H groups in total. The highest BCUT2D eigenvalue weighted by atomic mass is 35.5. The van der Waals surface area contributed by atoms with Crippen molar-refractivity contribution >= 4 is 18.3 Å². The van der Waals surface area contributed by atoms with Crippen LogP contribution < -0.4 is 15.8 Å². The molecule has 7 heteroatoms. The molecule has 4 rings (SSSR count). The number of para-hydroxylation sites is 1. The molecule has 0 bridgehead atoms. The van der Waals surface area contributed by atoms with E-state index < -0.39 is 0 Å². The quantitative estimate of drug-likeness (QED) is 0.578. The number of rotatable bonds is 8. The smallest absolute Gasteiger partial charge is 0.224 e. The van der Waals surface area contributed by atoms with Crippen molar-refractivity contribution in [2.75, 3.05) is 13.7 Å². The topological polar surface area (TPSA) is 82.2 Å². The van der Waals surface area contributed by atoms with E-state index in [2.05, 4.69) is 5.32 Å². The number of hydrogen-bond acceptors (Lipinski definition) is 4. The number of nitrogens with two attached hydrogens (primary N) is 1. The van der Waals surface area contributed by atoms with Gasteiger partial charge in [0, 0.05) is 29.9 Å². The van der Waals surface area contributed by atoms with Gasteiger partial charge in [-0.25, -0.2) is 4.68 Å². The lowest BCUT2D eigenvalue weighted by Gasteiger charge is -2.11. The Balaban J connectivity index is 0.00000256. The van der Waals surface area contributed by atoms with Crippen molar-refractivity contribution in [1.29, 1.82) is 0 Å². The Hall–Kier alpha value is -2.83. The molecule has 0 spiro atoms. The summed E-state index contributed by atoms with van der Waals surface area (Å²) in [7, 11) is 1.64. The fourth-order valence-electron chi connectivity index (χ4n) is 3.40. The van der Waals surface area contributed by atoms with Crippen molar-refractivity contribution in [3.8, 4) is 22.7 Å².